The van der Waals surface area contributed by atoms with Gasteiger partial charge in [0.25, 0.3) is 5.92 Å². The smallest absolute Gasteiger partial charge is 0.273 e. The van der Waals surface area contributed by atoms with Crippen molar-refractivity contribution in [2.75, 3.05) is 26.2 Å². The zero-order valence-corrected chi connectivity index (χ0v) is 11.5. The number of rotatable bonds is 5. The predicted octanol–water partition coefficient (Wildman–Crippen LogP) is 2.98. The van der Waals surface area contributed by atoms with Crippen molar-refractivity contribution in [1.29, 1.82) is 0 Å². The number of hydrogen-bond donors (Lipinski definition) is 1. The van der Waals surface area contributed by atoms with Crippen LogP contribution < -0.4 is 5.32 Å². The first-order valence-electron chi connectivity index (χ1n) is 7.02. The van der Waals surface area contributed by atoms with Crippen molar-refractivity contribution < 1.29 is 8.78 Å². The normalized spacial score (nSPS) is 17.6. The number of alkyl halides is 2. The van der Waals surface area contributed by atoms with Crippen molar-refractivity contribution in [3.8, 4) is 0 Å². The number of nitrogens with one attached hydrogen (secondary N) is 1. The maximum atomic E-state index is 13.9. The van der Waals surface area contributed by atoms with Crippen LogP contribution in [-0.2, 0) is 12.5 Å². The van der Waals surface area contributed by atoms with Gasteiger partial charge in [-0.05, 0) is 11.6 Å². The van der Waals surface area contributed by atoms with E-state index in [0.29, 0.717) is 6.42 Å². The number of hydrogen-bond acceptors (Lipinski definition) is 2. The summed E-state index contributed by atoms with van der Waals surface area (Å²) in [5.74, 6) is -2.70. The van der Waals surface area contributed by atoms with Crippen molar-refractivity contribution >= 4 is 0 Å². The van der Waals surface area contributed by atoms with E-state index in [2.05, 4.69) is 10.2 Å². The highest BCUT2D eigenvalue weighted by Gasteiger charge is 2.30. The summed E-state index contributed by atoms with van der Waals surface area (Å²) in [6.07, 6.45) is 0.416. The molecule has 4 heteroatoms. The summed E-state index contributed by atoms with van der Waals surface area (Å²) < 4.78 is 27.8. The average Bonchev–Trinajstić information content (AvgIpc) is 2.40. The van der Waals surface area contributed by atoms with E-state index >= 15 is 0 Å². The molecule has 1 aromatic rings. The van der Waals surface area contributed by atoms with Crippen LogP contribution in [0.2, 0.25) is 0 Å². The molecule has 1 aliphatic heterocycles. The van der Waals surface area contributed by atoms with Gasteiger partial charge < -0.3 is 5.32 Å². The molecular formula is C15H22F2N2. The molecule has 1 aromatic carbocycles. The Bertz CT molecular complexity index is 401. The Labute approximate surface area is 113 Å². The fourth-order valence-electron chi connectivity index (χ4n) is 2.48. The summed E-state index contributed by atoms with van der Waals surface area (Å²) >= 11 is 0. The zero-order chi connectivity index (χ0) is 13.7. The standard InChI is InChI=1S/C15H22F2N2/c1-2-6-15(16,17)14-5-3-4-13(11-14)12-19-9-7-18-8-10-19/h3-5,11,18H,2,6-10,12H2,1H3. The Balaban J connectivity index is 2.06. The Morgan fingerprint density at radius 2 is 2.00 bits per heavy atom. The van der Waals surface area contributed by atoms with E-state index in [1.807, 2.05) is 6.07 Å². The molecule has 0 bridgehead atoms. The van der Waals surface area contributed by atoms with Gasteiger partial charge in [-0.1, -0.05) is 31.5 Å². The summed E-state index contributed by atoms with van der Waals surface area (Å²) in [4.78, 5) is 2.30. The van der Waals surface area contributed by atoms with Gasteiger partial charge in [-0.2, -0.15) is 0 Å². The van der Waals surface area contributed by atoms with Crippen molar-refractivity contribution in [3.05, 3.63) is 35.4 Å². The van der Waals surface area contributed by atoms with E-state index in [9.17, 15) is 8.78 Å². The molecular weight excluding hydrogens is 246 g/mol. The molecule has 0 radical (unpaired) electrons. The highest BCUT2D eigenvalue weighted by Crippen LogP contribution is 2.33. The van der Waals surface area contributed by atoms with Crippen LogP contribution in [0.4, 0.5) is 8.78 Å². The largest absolute Gasteiger partial charge is 0.314 e. The highest BCUT2D eigenvalue weighted by atomic mass is 19.3. The van der Waals surface area contributed by atoms with Gasteiger partial charge in [0.15, 0.2) is 0 Å². The predicted molar refractivity (Wildman–Crippen MR) is 73.4 cm³/mol. The number of benzene rings is 1. The summed E-state index contributed by atoms with van der Waals surface area (Å²) in [6, 6.07) is 6.89. The second kappa shape index (κ2) is 6.44. The van der Waals surface area contributed by atoms with E-state index in [1.165, 1.54) is 6.07 Å². The third-order valence-electron chi connectivity index (χ3n) is 3.53. The lowest BCUT2D eigenvalue weighted by Crippen LogP contribution is -2.42. The van der Waals surface area contributed by atoms with Crippen LogP contribution in [0.5, 0.6) is 0 Å². The minimum absolute atomic E-state index is 0.0793. The highest BCUT2D eigenvalue weighted by molar-refractivity contribution is 5.27. The third-order valence-corrected chi connectivity index (χ3v) is 3.53. The van der Waals surface area contributed by atoms with Crippen molar-refractivity contribution in [1.82, 2.24) is 10.2 Å². The van der Waals surface area contributed by atoms with Gasteiger partial charge in [0.05, 0.1) is 0 Å². The molecule has 0 saturated carbocycles. The van der Waals surface area contributed by atoms with Gasteiger partial charge in [-0.25, -0.2) is 8.78 Å². The van der Waals surface area contributed by atoms with E-state index in [-0.39, 0.29) is 12.0 Å². The molecule has 1 aliphatic rings. The van der Waals surface area contributed by atoms with Gasteiger partial charge in [0, 0.05) is 44.7 Å². The van der Waals surface area contributed by atoms with E-state index in [0.717, 1.165) is 38.3 Å². The Hall–Kier alpha value is -1.00. The minimum atomic E-state index is -2.70. The van der Waals surface area contributed by atoms with Crippen LogP contribution in [0.25, 0.3) is 0 Å². The summed E-state index contributed by atoms with van der Waals surface area (Å²) in [5, 5.41) is 3.29. The summed E-state index contributed by atoms with van der Waals surface area (Å²) in [7, 11) is 0. The Morgan fingerprint density at radius 3 is 2.68 bits per heavy atom. The van der Waals surface area contributed by atoms with Crippen LogP contribution in [0.1, 0.15) is 30.9 Å². The third kappa shape index (κ3) is 3.98. The zero-order valence-electron chi connectivity index (χ0n) is 11.5. The van der Waals surface area contributed by atoms with Gasteiger partial charge in [-0.15, -0.1) is 0 Å². The topological polar surface area (TPSA) is 15.3 Å². The Morgan fingerprint density at radius 1 is 1.26 bits per heavy atom. The fraction of sp³-hybridized carbons (Fsp3) is 0.600. The molecule has 2 rings (SSSR count). The molecule has 0 aliphatic carbocycles. The summed E-state index contributed by atoms with van der Waals surface area (Å²) in [6.45, 7) is 6.47. The van der Waals surface area contributed by atoms with Gasteiger partial charge in [-0.3, -0.25) is 4.90 Å². The average molecular weight is 268 g/mol. The number of nitrogens with zero attached hydrogens (tertiary/aromatic N) is 1. The molecule has 0 aromatic heterocycles. The maximum absolute atomic E-state index is 13.9. The molecule has 0 spiro atoms. The van der Waals surface area contributed by atoms with Crippen LogP contribution in [-0.4, -0.2) is 31.1 Å². The molecule has 19 heavy (non-hydrogen) atoms. The van der Waals surface area contributed by atoms with Crippen molar-refractivity contribution in [2.24, 2.45) is 0 Å². The second-order valence-corrected chi connectivity index (χ2v) is 5.18. The summed E-state index contributed by atoms with van der Waals surface area (Å²) in [5.41, 5.74) is 1.14. The van der Waals surface area contributed by atoms with E-state index in [1.54, 1.807) is 19.1 Å². The van der Waals surface area contributed by atoms with Crippen LogP contribution in [0, 0.1) is 0 Å². The molecule has 1 heterocycles. The SMILES string of the molecule is CCCC(F)(F)c1cccc(CN2CCNCC2)c1. The number of piperazine rings is 1. The van der Waals surface area contributed by atoms with E-state index < -0.39 is 5.92 Å². The van der Waals surface area contributed by atoms with Gasteiger partial charge >= 0.3 is 0 Å². The first-order valence-corrected chi connectivity index (χ1v) is 7.02. The molecule has 2 nitrogen and oxygen atoms in total. The molecule has 1 fully saturated rings. The van der Waals surface area contributed by atoms with Crippen LogP contribution in [0.3, 0.4) is 0 Å². The van der Waals surface area contributed by atoms with Gasteiger partial charge in [0.2, 0.25) is 0 Å². The van der Waals surface area contributed by atoms with Crippen molar-refractivity contribution in [2.45, 2.75) is 32.2 Å². The molecule has 0 atom stereocenters. The van der Waals surface area contributed by atoms with E-state index in [4.69, 9.17) is 0 Å². The molecule has 1 saturated heterocycles. The quantitative estimate of drug-likeness (QED) is 0.883. The molecule has 0 amide bonds. The fourth-order valence-corrected chi connectivity index (χ4v) is 2.48. The Kier molecular flexibility index (Phi) is 4.88. The minimum Gasteiger partial charge on any atom is -0.314 e. The lowest BCUT2D eigenvalue weighted by Gasteiger charge is -2.27. The molecule has 106 valence electrons. The van der Waals surface area contributed by atoms with Crippen LogP contribution in [0.15, 0.2) is 24.3 Å². The van der Waals surface area contributed by atoms with Gasteiger partial charge in [0.1, 0.15) is 0 Å². The van der Waals surface area contributed by atoms with Crippen molar-refractivity contribution in [3.63, 3.8) is 0 Å². The second-order valence-electron chi connectivity index (χ2n) is 5.18. The number of halogens is 2. The monoisotopic (exact) mass is 268 g/mol. The lowest BCUT2D eigenvalue weighted by atomic mass is 10.0. The molecule has 1 N–H and O–H groups in total. The maximum Gasteiger partial charge on any atom is 0.273 e. The first kappa shape index (κ1) is 14.4. The first-order chi connectivity index (χ1) is 9.12. The lowest BCUT2D eigenvalue weighted by molar-refractivity contribution is -0.0141. The van der Waals surface area contributed by atoms with Crippen LogP contribution >= 0.6 is 0 Å². The molecule has 0 unspecified atom stereocenters.